The molecule has 2 aliphatic heterocycles. The minimum Gasteiger partial charge on any atom is -0.387 e. The molecule has 1 unspecified atom stereocenters. The predicted molar refractivity (Wildman–Crippen MR) is 164 cm³/mol. The van der Waals surface area contributed by atoms with Crippen LogP contribution in [0.4, 0.5) is 4.79 Å². The third-order valence-electron chi connectivity index (χ3n) is 9.61. The highest BCUT2D eigenvalue weighted by molar-refractivity contribution is 7.98. The number of amides is 2. The number of nitrogens with one attached hydrogen (secondary N) is 1. The largest absolute Gasteiger partial charge is 0.387 e. The molecule has 41 heavy (non-hydrogen) atoms. The molecule has 6 rings (SSSR count). The van der Waals surface area contributed by atoms with Crippen molar-refractivity contribution in [1.82, 2.24) is 19.7 Å². The Balaban J connectivity index is 1.26. The molecule has 1 saturated carbocycles. The van der Waals surface area contributed by atoms with E-state index in [-0.39, 0.29) is 24.2 Å². The summed E-state index contributed by atoms with van der Waals surface area (Å²) in [5.74, 6) is 0. The number of hydrogen-bond donors (Lipinski definition) is 2. The molecule has 1 spiro atoms. The van der Waals surface area contributed by atoms with Gasteiger partial charge in [0.25, 0.3) is 5.56 Å². The number of aromatic nitrogens is 1. The van der Waals surface area contributed by atoms with E-state index in [1.165, 1.54) is 0 Å². The van der Waals surface area contributed by atoms with Crippen molar-refractivity contribution in [3.05, 3.63) is 88.8 Å². The summed E-state index contributed by atoms with van der Waals surface area (Å²) in [6.07, 6.45) is 8.19. The van der Waals surface area contributed by atoms with Gasteiger partial charge in [0, 0.05) is 60.9 Å². The maximum atomic E-state index is 14.0. The minimum absolute atomic E-state index is 0.00976. The molecule has 2 amide bonds. The van der Waals surface area contributed by atoms with E-state index in [0.717, 1.165) is 60.4 Å². The van der Waals surface area contributed by atoms with Crippen LogP contribution in [0.15, 0.2) is 82.6 Å². The zero-order valence-electron chi connectivity index (χ0n) is 23.8. The van der Waals surface area contributed by atoms with Crippen molar-refractivity contribution >= 4 is 17.8 Å². The van der Waals surface area contributed by atoms with Crippen LogP contribution in [0.5, 0.6) is 0 Å². The molecule has 2 aromatic carbocycles. The Kier molecular flexibility index (Phi) is 7.99. The molecule has 1 aliphatic carbocycles. The molecule has 0 bridgehead atoms. The molecule has 2 atom stereocenters. The van der Waals surface area contributed by atoms with Gasteiger partial charge in [-0.3, -0.25) is 4.79 Å². The highest BCUT2D eigenvalue weighted by Gasteiger charge is 2.56. The lowest BCUT2D eigenvalue weighted by Gasteiger charge is -2.53. The van der Waals surface area contributed by atoms with Gasteiger partial charge in [0.1, 0.15) is 0 Å². The van der Waals surface area contributed by atoms with Crippen LogP contribution in [0.25, 0.3) is 11.1 Å². The molecular weight excluding hydrogens is 532 g/mol. The van der Waals surface area contributed by atoms with Crippen LogP contribution in [0.2, 0.25) is 0 Å². The normalized spacial score (nSPS) is 24.1. The fourth-order valence-electron chi connectivity index (χ4n) is 7.31. The lowest BCUT2D eigenvalue weighted by atomic mass is 9.66. The van der Waals surface area contributed by atoms with Crippen LogP contribution < -0.4 is 10.9 Å². The molecule has 1 aromatic heterocycles. The molecule has 216 valence electrons. The summed E-state index contributed by atoms with van der Waals surface area (Å²) in [6, 6.07) is 22.0. The molecule has 0 radical (unpaired) electrons. The second-order valence-electron chi connectivity index (χ2n) is 11.9. The quantitative estimate of drug-likeness (QED) is 0.421. The molecule has 7 nitrogen and oxygen atoms in total. The third-order valence-corrected chi connectivity index (χ3v) is 10.4. The molecule has 3 fully saturated rings. The van der Waals surface area contributed by atoms with Crippen LogP contribution in [-0.2, 0) is 6.54 Å². The summed E-state index contributed by atoms with van der Waals surface area (Å²) in [6.45, 7) is 3.42. The monoisotopic (exact) mass is 572 g/mol. The van der Waals surface area contributed by atoms with Crippen molar-refractivity contribution in [3.63, 3.8) is 0 Å². The predicted octanol–water partition coefficient (Wildman–Crippen LogP) is 5.00. The highest BCUT2D eigenvalue weighted by atomic mass is 32.2. The maximum absolute atomic E-state index is 14.0. The van der Waals surface area contributed by atoms with Crippen molar-refractivity contribution in [2.45, 2.75) is 55.2 Å². The number of rotatable bonds is 5. The van der Waals surface area contributed by atoms with Crippen molar-refractivity contribution in [1.29, 1.82) is 0 Å². The van der Waals surface area contributed by atoms with Gasteiger partial charge in [-0.2, -0.15) is 0 Å². The highest BCUT2D eigenvalue weighted by Crippen LogP contribution is 2.52. The smallest absolute Gasteiger partial charge is 0.320 e. The Morgan fingerprint density at radius 2 is 1.73 bits per heavy atom. The number of pyridine rings is 1. The molecule has 3 aromatic rings. The van der Waals surface area contributed by atoms with Crippen molar-refractivity contribution in [2.75, 3.05) is 39.0 Å². The van der Waals surface area contributed by atoms with Crippen LogP contribution in [0.3, 0.4) is 0 Å². The number of carbonyl (C=O) groups excluding carboxylic acids is 1. The van der Waals surface area contributed by atoms with E-state index in [4.69, 9.17) is 0 Å². The first-order valence-electron chi connectivity index (χ1n) is 14.8. The van der Waals surface area contributed by atoms with Gasteiger partial charge in [-0.15, -0.1) is 11.8 Å². The molecule has 3 heterocycles. The van der Waals surface area contributed by atoms with E-state index in [2.05, 4.69) is 17.4 Å². The van der Waals surface area contributed by atoms with Crippen molar-refractivity contribution in [3.8, 4) is 11.1 Å². The lowest BCUT2D eigenvalue weighted by Crippen LogP contribution is -2.64. The number of aliphatic hydroxyl groups is 1. The first-order chi connectivity index (χ1) is 19.9. The topological polar surface area (TPSA) is 77.8 Å². The van der Waals surface area contributed by atoms with Gasteiger partial charge in [0.05, 0.1) is 18.2 Å². The fourth-order valence-corrected chi connectivity index (χ4v) is 7.94. The van der Waals surface area contributed by atoms with Crippen molar-refractivity contribution in [2.24, 2.45) is 5.41 Å². The summed E-state index contributed by atoms with van der Waals surface area (Å²) < 4.78 is 1.71. The Morgan fingerprint density at radius 3 is 2.44 bits per heavy atom. The fraction of sp³-hybridized carbons (Fsp3) is 0.455. The molecular formula is C33H40N4O3S. The number of piperidine rings is 1. The molecule has 2 saturated heterocycles. The molecule has 3 aliphatic rings. The summed E-state index contributed by atoms with van der Waals surface area (Å²) in [5, 5.41) is 15.8. The van der Waals surface area contributed by atoms with Gasteiger partial charge in [-0.1, -0.05) is 73.5 Å². The number of nitrogens with zero attached hydrogens (tertiary/aromatic N) is 3. The van der Waals surface area contributed by atoms with E-state index in [9.17, 15) is 14.7 Å². The third kappa shape index (κ3) is 5.33. The zero-order valence-corrected chi connectivity index (χ0v) is 24.6. The van der Waals surface area contributed by atoms with E-state index in [0.29, 0.717) is 26.1 Å². The Labute approximate surface area is 246 Å². The summed E-state index contributed by atoms with van der Waals surface area (Å²) in [7, 11) is 0. The number of urea groups is 1. The zero-order chi connectivity index (χ0) is 28.5. The average molecular weight is 573 g/mol. The van der Waals surface area contributed by atoms with Crippen molar-refractivity contribution < 1.29 is 9.90 Å². The van der Waals surface area contributed by atoms with Gasteiger partial charge in [0.2, 0.25) is 0 Å². The van der Waals surface area contributed by atoms with E-state index < -0.39 is 11.0 Å². The maximum Gasteiger partial charge on any atom is 0.320 e. The van der Waals surface area contributed by atoms with Gasteiger partial charge in [-0.25, -0.2) is 4.79 Å². The Hall–Kier alpha value is -3.07. The SMILES string of the molecule is CSc1cn(CC2(O)CCN(C(=O)N3CCNC[C@H]3c3ccccc3)CC23CCCC3)c(=O)cc1-c1ccccc1. The summed E-state index contributed by atoms with van der Waals surface area (Å²) >= 11 is 1.61. The lowest BCUT2D eigenvalue weighted by molar-refractivity contribution is -0.136. The molecule has 8 heteroatoms. The Bertz CT molecular complexity index is 1420. The van der Waals surface area contributed by atoms with Crippen LogP contribution in [-0.4, -0.2) is 70.1 Å². The number of carbonyl (C=O) groups is 1. The number of likely N-dealkylation sites (tertiary alicyclic amines) is 1. The summed E-state index contributed by atoms with van der Waals surface area (Å²) in [4.78, 5) is 32.5. The average Bonchev–Trinajstić information content (AvgIpc) is 3.50. The number of benzene rings is 2. The molecule has 2 N–H and O–H groups in total. The first-order valence-corrected chi connectivity index (χ1v) is 16.0. The minimum atomic E-state index is -1.06. The van der Waals surface area contributed by atoms with E-state index in [1.807, 2.05) is 70.8 Å². The van der Waals surface area contributed by atoms with Gasteiger partial charge in [-0.05, 0) is 36.6 Å². The number of hydrogen-bond acceptors (Lipinski definition) is 5. The number of thioether (sulfide) groups is 1. The summed E-state index contributed by atoms with van der Waals surface area (Å²) in [5.41, 5.74) is 1.49. The van der Waals surface area contributed by atoms with Crippen LogP contribution >= 0.6 is 11.8 Å². The number of piperazine rings is 1. The van der Waals surface area contributed by atoms with Gasteiger partial charge >= 0.3 is 6.03 Å². The first kappa shape index (κ1) is 28.1. The van der Waals surface area contributed by atoms with Crippen LogP contribution in [0.1, 0.15) is 43.7 Å². The van der Waals surface area contributed by atoms with E-state index in [1.54, 1.807) is 22.4 Å². The second kappa shape index (κ2) is 11.7. The van der Waals surface area contributed by atoms with Crippen LogP contribution in [0, 0.1) is 5.41 Å². The van der Waals surface area contributed by atoms with Gasteiger partial charge in [0.15, 0.2) is 0 Å². The van der Waals surface area contributed by atoms with E-state index >= 15 is 0 Å². The standard InChI is InChI=1S/C33H40N4O3S/c1-41-29-22-36(30(38)20-27(29)25-10-4-2-5-11-25)24-33(40)16-18-35(23-32(33)14-8-9-15-32)31(39)37-19-17-34-21-28(37)26-12-6-3-7-13-26/h2-7,10-13,20,22,28,34,40H,8-9,14-19,21,23-24H2,1H3/t28-,33?/m0/s1. The Morgan fingerprint density at radius 1 is 1.02 bits per heavy atom. The van der Waals surface area contributed by atoms with Gasteiger partial charge < -0.3 is 24.8 Å². The second-order valence-corrected chi connectivity index (χ2v) is 12.7.